The highest BCUT2D eigenvalue weighted by Gasteiger charge is 2.14. The van der Waals surface area contributed by atoms with E-state index in [2.05, 4.69) is 4.98 Å². The minimum atomic E-state index is -0.359. The molecule has 3 rings (SSSR count). The average Bonchev–Trinajstić information content (AvgIpc) is 2.53. The number of aromatic nitrogens is 2. The molecule has 5 heteroatoms. The predicted molar refractivity (Wildman–Crippen MR) is 87.7 cm³/mol. The van der Waals surface area contributed by atoms with Crippen LogP contribution in [0, 0.1) is 5.82 Å². The lowest BCUT2D eigenvalue weighted by molar-refractivity contribution is 0.282. The highest BCUT2D eigenvalue weighted by Crippen LogP contribution is 2.27. The van der Waals surface area contributed by atoms with E-state index in [0.717, 1.165) is 10.9 Å². The molecular weight excluding hydrogens is 295 g/mol. The molecule has 0 spiro atoms. The van der Waals surface area contributed by atoms with Crippen molar-refractivity contribution in [2.24, 2.45) is 0 Å². The zero-order valence-corrected chi connectivity index (χ0v) is 13.0. The number of fused-ring (bicyclic) bond motifs is 1. The molecule has 118 valence electrons. The van der Waals surface area contributed by atoms with Crippen molar-refractivity contribution in [1.82, 2.24) is 9.55 Å². The van der Waals surface area contributed by atoms with Gasteiger partial charge in [-0.3, -0.25) is 4.57 Å². The smallest absolute Gasteiger partial charge is 0.348 e. The van der Waals surface area contributed by atoms with Gasteiger partial charge < -0.3 is 5.11 Å². The van der Waals surface area contributed by atoms with Gasteiger partial charge in [-0.05, 0) is 49.7 Å². The fraction of sp³-hybridized carbons (Fsp3) is 0.222. The normalized spacial score (nSPS) is 11.3. The molecule has 0 saturated heterocycles. The number of aliphatic hydroxyl groups excluding tert-OH is 1. The number of nitrogens with zero attached hydrogens (tertiary/aromatic N) is 2. The van der Waals surface area contributed by atoms with E-state index < -0.39 is 0 Å². The Balaban J connectivity index is 2.38. The zero-order chi connectivity index (χ0) is 16.6. The second-order valence-corrected chi connectivity index (χ2v) is 5.72. The van der Waals surface area contributed by atoms with E-state index in [1.165, 1.54) is 12.1 Å². The molecule has 0 fully saturated rings. The Morgan fingerprint density at radius 1 is 1.17 bits per heavy atom. The van der Waals surface area contributed by atoms with Crippen molar-refractivity contribution >= 4 is 10.9 Å². The summed E-state index contributed by atoms with van der Waals surface area (Å²) in [6, 6.07) is 11.3. The highest BCUT2D eigenvalue weighted by atomic mass is 19.1. The summed E-state index contributed by atoms with van der Waals surface area (Å²) in [4.78, 5) is 16.7. The zero-order valence-electron chi connectivity index (χ0n) is 13.0. The number of aliphatic hydroxyl groups is 1. The Hall–Kier alpha value is -2.53. The molecule has 0 aliphatic heterocycles. The molecule has 0 atom stereocenters. The number of benzene rings is 2. The van der Waals surface area contributed by atoms with E-state index in [1.54, 1.807) is 28.8 Å². The molecule has 2 aromatic carbocycles. The Bertz CT molecular complexity index is 915. The first kappa shape index (κ1) is 15.4. The molecule has 0 bridgehead atoms. The second kappa shape index (κ2) is 5.93. The van der Waals surface area contributed by atoms with Gasteiger partial charge in [-0.25, -0.2) is 9.18 Å². The first-order valence-electron chi connectivity index (χ1n) is 7.43. The van der Waals surface area contributed by atoms with E-state index in [9.17, 15) is 14.3 Å². The SMILES string of the molecule is CC(C)n1c(=O)nc(-c2ccc(F)cc2)c2ccc(CO)cc21. The first-order chi connectivity index (χ1) is 11.0. The van der Waals surface area contributed by atoms with Crippen LogP contribution in [0.4, 0.5) is 4.39 Å². The van der Waals surface area contributed by atoms with Gasteiger partial charge in [0.2, 0.25) is 0 Å². The van der Waals surface area contributed by atoms with Crippen molar-refractivity contribution in [1.29, 1.82) is 0 Å². The minimum Gasteiger partial charge on any atom is -0.392 e. The Labute approximate surface area is 132 Å². The van der Waals surface area contributed by atoms with E-state index in [0.29, 0.717) is 16.8 Å². The monoisotopic (exact) mass is 312 g/mol. The van der Waals surface area contributed by atoms with E-state index >= 15 is 0 Å². The van der Waals surface area contributed by atoms with Crippen LogP contribution in [0.5, 0.6) is 0 Å². The second-order valence-electron chi connectivity index (χ2n) is 5.72. The van der Waals surface area contributed by atoms with Crippen LogP contribution in [0.2, 0.25) is 0 Å². The van der Waals surface area contributed by atoms with E-state index in [1.807, 2.05) is 19.9 Å². The van der Waals surface area contributed by atoms with Gasteiger partial charge in [-0.15, -0.1) is 0 Å². The lowest BCUT2D eigenvalue weighted by Crippen LogP contribution is -2.25. The van der Waals surface area contributed by atoms with Crippen molar-refractivity contribution in [3.8, 4) is 11.3 Å². The van der Waals surface area contributed by atoms with Crippen molar-refractivity contribution < 1.29 is 9.50 Å². The fourth-order valence-corrected chi connectivity index (χ4v) is 2.71. The number of hydrogen-bond acceptors (Lipinski definition) is 3. The van der Waals surface area contributed by atoms with Gasteiger partial charge in [0, 0.05) is 17.0 Å². The Morgan fingerprint density at radius 3 is 2.48 bits per heavy atom. The molecule has 4 nitrogen and oxygen atoms in total. The lowest BCUT2D eigenvalue weighted by atomic mass is 10.0. The van der Waals surface area contributed by atoms with Crippen LogP contribution in [-0.2, 0) is 6.61 Å². The quantitative estimate of drug-likeness (QED) is 0.807. The van der Waals surface area contributed by atoms with Crippen LogP contribution >= 0.6 is 0 Å². The van der Waals surface area contributed by atoms with Crippen LogP contribution in [0.15, 0.2) is 47.3 Å². The standard InChI is InChI=1S/C18H17FN2O2/c1-11(2)21-16-9-12(10-22)3-8-15(16)17(20-18(21)23)13-4-6-14(19)7-5-13/h3-9,11,22H,10H2,1-2H3. The summed E-state index contributed by atoms with van der Waals surface area (Å²) in [5.41, 5.74) is 2.28. The van der Waals surface area contributed by atoms with Crippen molar-refractivity contribution in [3.63, 3.8) is 0 Å². The van der Waals surface area contributed by atoms with Gasteiger partial charge in [0.15, 0.2) is 0 Å². The molecule has 0 amide bonds. The molecular formula is C18H17FN2O2. The molecule has 23 heavy (non-hydrogen) atoms. The Morgan fingerprint density at radius 2 is 1.87 bits per heavy atom. The third-order valence-corrected chi connectivity index (χ3v) is 3.81. The molecule has 0 radical (unpaired) electrons. The van der Waals surface area contributed by atoms with Crippen LogP contribution in [0.25, 0.3) is 22.2 Å². The molecule has 1 heterocycles. The van der Waals surface area contributed by atoms with Crippen molar-refractivity contribution in [2.75, 3.05) is 0 Å². The maximum Gasteiger partial charge on any atom is 0.348 e. The first-order valence-corrected chi connectivity index (χ1v) is 7.43. The molecule has 3 aromatic rings. The third kappa shape index (κ3) is 2.75. The maximum absolute atomic E-state index is 13.2. The maximum atomic E-state index is 13.2. The third-order valence-electron chi connectivity index (χ3n) is 3.81. The summed E-state index contributed by atoms with van der Waals surface area (Å²) < 4.78 is 14.7. The largest absolute Gasteiger partial charge is 0.392 e. The van der Waals surface area contributed by atoms with Gasteiger partial charge in [-0.1, -0.05) is 12.1 Å². The van der Waals surface area contributed by atoms with Gasteiger partial charge in [0.1, 0.15) is 5.82 Å². The van der Waals surface area contributed by atoms with Crippen LogP contribution in [0.1, 0.15) is 25.5 Å². The van der Waals surface area contributed by atoms with Crippen LogP contribution in [-0.4, -0.2) is 14.7 Å². The summed E-state index contributed by atoms with van der Waals surface area (Å²) in [5.74, 6) is -0.337. The van der Waals surface area contributed by atoms with E-state index in [4.69, 9.17) is 0 Å². The van der Waals surface area contributed by atoms with Crippen molar-refractivity contribution in [3.05, 3.63) is 64.3 Å². The molecule has 0 aliphatic rings. The van der Waals surface area contributed by atoms with Gasteiger partial charge in [-0.2, -0.15) is 4.98 Å². The number of halogens is 1. The summed E-state index contributed by atoms with van der Waals surface area (Å²) in [7, 11) is 0. The summed E-state index contributed by atoms with van der Waals surface area (Å²) >= 11 is 0. The van der Waals surface area contributed by atoms with E-state index in [-0.39, 0.29) is 24.2 Å². The number of hydrogen-bond donors (Lipinski definition) is 1. The molecule has 1 N–H and O–H groups in total. The summed E-state index contributed by atoms with van der Waals surface area (Å²) in [6.45, 7) is 3.72. The average molecular weight is 312 g/mol. The van der Waals surface area contributed by atoms with Gasteiger partial charge >= 0.3 is 5.69 Å². The topological polar surface area (TPSA) is 55.1 Å². The lowest BCUT2D eigenvalue weighted by Gasteiger charge is -2.16. The molecule has 1 aromatic heterocycles. The summed E-state index contributed by atoms with van der Waals surface area (Å²) in [6.07, 6.45) is 0. The molecule has 0 saturated carbocycles. The van der Waals surface area contributed by atoms with Crippen molar-refractivity contribution in [2.45, 2.75) is 26.5 Å². The Kier molecular flexibility index (Phi) is 3.96. The van der Waals surface area contributed by atoms with Gasteiger partial charge in [0.05, 0.1) is 17.8 Å². The minimum absolute atomic E-state index is 0.0614. The van der Waals surface area contributed by atoms with Crippen LogP contribution in [0.3, 0.4) is 0 Å². The highest BCUT2D eigenvalue weighted by molar-refractivity contribution is 5.92. The predicted octanol–water partition coefficient (Wildman–Crippen LogP) is 3.28. The number of rotatable bonds is 3. The fourth-order valence-electron chi connectivity index (χ4n) is 2.71. The molecule has 0 unspecified atom stereocenters. The van der Waals surface area contributed by atoms with Crippen LogP contribution < -0.4 is 5.69 Å². The van der Waals surface area contributed by atoms with Gasteiger partial charge in [0.25, 0.3) is 0 Å². The molecule has 0 aliphatic carbocycles. The summed E-state index contributed by atoms with van der Waals surface area (Å²) in [5, 5.41) is 10.2.